The molecule has 0 saturated carbocycles. The summed E-state index contributed by atoms with van der Waals surface area (Å²) in [7, 11) is 1.64. The monoisotopic (exact) mass is 465 g/mol. The number of non-ortho nitro benzene ring substituents is 1. The number of rotatable bonds is 5. The van der Waals surface area contributed by atoms with Crippen molar-refractivity contribution in [2.24, 2.45) is 0 Å². The van der Waals surface area contributed by atoms with Crippen molar-refractivity contribution in [2.75, 3.05) is 7.11 Å². The third-order valence-electron chi connectivity index (χ3n) is 3.95. The summed E-state index contributed by atoms with van der Waals surface area (Å²) in [6.45, 7) is 6.36. The van der Waals surface area contributed by atoms with Crippen LogP contribution in [-0.4, -0.2) is 18.3 Å². The van der Waals surface area contributed by atoms with E-state index in [9.17, 15) is 14.9 Å². The molecule has 0 atom stereocenters. The Morgan fingerprint density at radius 3 is 2.27 bits per heavy atom. The van der Waals surface area contributed by atoms with Gasteiger partial charge in [-0.3, -0.25) is 14.9 Å². The molecule has 0 saturated heterocycles. The Balaban J connectivity index is 2.53. The summed E-state index contributed by atoms with van der Waals surface area (Å²) >= 11 is 2.26. The number of aldehydes is 1. The Kier molecular flexibility index (Phi) is 6.17. The molecule has 0 bridgehead atoms. The topological polar surface area (TPSA) is 69.4 Å². The number of nitro groups is 1. The van der Waals surface area contributed by atoms with E-state index in [0.717, 1.165) is 20.4 Å². The predicted octanol–water partition coefficient (Wildman–Crippen LogP) is 5.49. The van der Waals surface area contributed by atoms with Crippen molar-refractivity contribution in [3.63, 3.8) is 0 Å². The maximum Gasteiger partial charge on any atom is 0.270 e. The van der Waals surface area contributed by atoms with Crippen LogP contribution in [0.15, 0.2) is 30.3 Å². The largest absolute Gasteiger partial charge is 0.496 e. The van der Waals surface area contributed by atoms with Gasteiger partial charge in [0.1, 0.15) is 5.75 Å². The molecular formula is C20H20INO4. The van der Waals surface area contributed by atoms with E-state index in [1.807, 2.05) is 12.1 Å². The highest BCUT2D eigenvalue weighted by Crippen LogP contribution is 2.36. The van der Waals surface area contributed by atoms with Gasteiger partial charge in [-0.1, -0.05) is 32.9 Å². The minimum atomic E-state index is -0.515. The van der Waals surface area contributed by atoms with Crippen LogP contribution in [0.4, 0.5) is 5.69 Å². The third-order valence-corrected chi connectivity index (χ3v) is 4.57. The number of carbonyl (C=O) groups excluding carboxylic acids is 1. The lowest BCUT2D eigenvalue weighted by atomic mass is 9.85. The fourth-order valence-corrected chi connectivity index (χ4v) is 3.28. The summed E-state index contributed by atoms with van der Waals surface area (Å²) in [6, 6.07) is 8.33. The van der Waals surface area contributed by atoms with Crippen molar-refractivity contribution in [1.82, 2.24) is 0 Å². The molecule has 0 heterocycles. The molecule has 6 heteroatoms. The number of halogens is 1. The summed E-state index contributed by atoms with van der Waals surface area (Å²) in [6.07, 6.45) is 4.26. The van der Waals surface area contributed by atoms with Crippen LogP contribution in [0, 0.1) is 13.7 Å². The molecule has 0 unspecified atom stereocenters. The number of benzene rings is 2. The maximum atomic E-state index is 11.3. The zero-order valence-corrected chi connectivity index (χ0v) is 17.2. The molecular weight excluding hydrogens is 445 g/mol. The van der Waals surface area contributed by atoms with Gasteiger partial charge >= 0.3 is 0 Å². The second-order valence-electron chi connectivity index (χ2n) is 6.85. The number of nitrogens with zero attached hydrogens (tertiary/aromatic N) is 1. The van der Waals surface area contributed by atoms with Crippen LogP contribution in [0.3, 0.4) is 0 Å². The minimum absolute atomic E-state index is 0.0869. The molecule has 0 N–H and O–H groups in total. The van der Waals surface area contributed by atoms with Gasteiger partial charge in [0.15, 0.2) is 6.29 Å². The van der Waals surface area contributed by atoms with Crippen LogP contribution in [0.5, 0.6) is 5.75 Å². The molecule has 5 nitrogen and oxygen atoms in total. The summed E-state index contributed by atoms with van der Waals surface area (Å²) in [5, 5.41) is 10.9. The van der Waals surface area contributed by atoms with Gasteiger partial charge in [0, 0.05) is 32.4 Å². The Morgan fingerprint density at radius 2 is 1.73 bits per heavy atom. The van der Waals surface area contributed by atoms with Gasteiger partial charge in [0.05, 0.1) is 12.0 Å². The zero-order chi connectivity index (χ0) is 19.5. The second kappa shape index (κ2) is 7.99. The Morgan fingerprint density at radius 1 is 1.08 bits per heavy atom. The van der Waals surface area contributed by atoms with E-state index < -0.39 is 4.92 Å². The molecule has 0 radical (unpaired) electrons. The minimum Gasteiger partial charge on any atom is -0.496 e. The normalized spacial score (nSPS) is 11.6. The molecule has 0 aliphatic rings. The lowest BCUT2D eigenvalue weighted by Crippen LogP contribution is -2.14. The highest BCUT2D eigenvalue weighted by Gasteiger charge is 2.21. The van der Waals surface area contributed by atoms with Crippen molar-refractivity contribution in [3.05, 3.63) is 66.3 Å². The highest BCUT2D eigenvalue weighted by atomic mass is 127. The van der Waals surface area contributed by atoms with Crippen LogP contribution in [-0.2, 0) is 5.41 Å². The van der Waals surface area contributed by atoms with E-state index in [2.05, 4.69) is 49.4 Å². The smallest absolute Gasteiger partial charge is 0.270 e. The summed E-state index contributed by atoms with van der Waals surface area (Å²) < 4.78 is 6.72. The first-order chi connectivity index (χ1) is 12.2. The SMILES string of the molecule is COc1c(/C=C/c2ccc([N+](=O)[O-])cc2C=O)cc(I)cc1C(C)(C)C. The Bertz CT molecular complexity index is 882. The molecule has 136 valence electrons. The van der Waals surface area contributed by atoms with E-state index in [1.54, 1.807) is 19.3 Å². The molecule has 26 heavy (non-hydrogen) atoms. The van der Waals surface area contributed by atoms with Gasteiger partial charge in [0.2, 0.25) is 0 Å². The van der Waals surface area contributed by atoms with Crippen LogP contribution in [0.1, 0.15) is 47.8 Å². The van der Waals surface area contributed by atoms with E-state index >= 15 is 0 Å². The molecule has 2 aromatic rings. The number of hydrogen-bond donors (Lipinski definition) is 0. The molecule has 0 aliphatic carbocycles. The maximum absolute atomic E-state index is 11.3. The standard InChI is InChI=1S/C20H20INO4/c1-20(2,3)18-11-16(21)9-14(19(18)26-4)6-5-13-7-8-17(22(24)25)10-15(13)12-23/h5-12H,1-4H3/b6-5+. The summed E-state index contributed by atoms with van der Waals surface area (Å²) in [5.41, 5.74) is 2.67. The molecule has 2 aromatic carbocycles. The summed E-state index contributed by atoms with van der Waals surface area (Å²) in [5.74, 6) is 0.781. The van der Waals surface area contributed by atoms with Gasteiger partial charge < -0.3 is 4.74 Å². The van der Waals surface area contributed by atoms with Gasteiger partial charge in [0.25, 0.3) is 5.69 Å². The van der Waals surface area contributed by atoms with E-state index in [0.29, 0.717) is 11.8 Å². The van der Waals surface area contributed by atoms with Crippen molar-refractivity contribution >= 4 is 46.7 Å². The first-order valence-corrected chi connectivity index (χ1v) is 9.05. The van der Waals surface area contributed by atoms with E-state index in [4.69, 9.17) is 4.74 Å². The molecule has 0 aliphatic heterocycles. The molecule has 0 amide bonds. The van der Waals surface area contributed by atoms with Crippen molar-refractivity contribution in [1.29, 1.82) is 0 Å². The van der Waals surface area contributed by atoms with Gasteiger partial charge in [-0.05, 0) is 51.8 Å². The highest BCUT2D eigenvalue weighted by molar-refractivity contribution is 14.1. The summed E-state index contributed by atoms with van der Waals surface area (Å²) in [4.78, 5) is 21.6. The number of methoxy groups -OCH3 is 1. The third kappa shape index (κ3) is 4.49. The molecule has 2 rings (SSSR count). The lowest BCUT2D eigenvalue weighted by Gasteiger charge is -2.24. The van der Waals surface area contributed by atoms with Gasteiger partial charge in [-0.2, -0.15) is 0 Å². The van der Waals surface area contributed by atoms with Crippen molar-refractivity contribution in [3.8, 4) is 5.75 Å². The quantitative estimate of drug-likeness (QED) is 0.193. The van der Waals surface area contributed by atoms with Crippen LogP contribution in [0.25, 0.3) is 12.2 Å². The Labute approximate surface area is 166 Å². The second-order valence-corrected chi connectivity index (χ2v) is 8.09. The fourth-order valence-electron chi connectivity index (χ4n) is 2.63. The average Bonchev–Trinajstić information content (AvgIpc) is 2.58. The van der Waals surface area contributed by atoms with Crippen LogP contribution in [0.2, 0.25) is 0 Å². The van der Waals surface area contributed by atoms with Crippen molar-refractivity contribution < 1.29 is 14.5 Å². The van der Waals surface area contributed by atoms with E-state index in [1.165, 1.54) is 12.1 Å². The molecule has 0 aromatic heterocycles. The fraction of sp³-hybridized carbons (Fsp3) is 0.250. The van der Waals surface area contributed by atoms with E-state index in [-0.39, 0.29) is 16.7 Å². The number of nitro benzene ring substituents is 1. The first-order valence-electron chi connectivity index (χ1n) is 7.97. The number of ether oxygens (including phenoxy) is 1. The van der Waals surface area contributed by atoms with Crippen LogP contribution >= 0.6 is 22.6 Å². The van der Waals surface area contributed by atoms with Crippen LogP contribution < -0.4 is 4.74 Å². The predicted molar refractivity (Wildman–Crippen MR) is 112 cm³/mol. The van der Waals surface area contributed by atoms with Gasteiger partial charge in [-0.15, -0.1) is 0 Å². The van der Waals surface area contributed by atoms with Crippen molar-refractivity contribution in [2.45, 2.75) is 26.2 Å². The molecule has 0 spiro atoms. The van der Waals surface area contributed by atoms with Gasteiger partial charge in [-0.25, -0.2) is 0 Å². The Hall–Kier alpha value is -2.22. The first kappa shape index (κ1) is 20.1. The average molecular weight is 465 g/mol. The zero-order valence-electron chi connectivity index (χ0n) is 15.1. The molecule has 0 fully saturated rings. The number of hydrogen-bond acceptors (Lipinski definition) is 4. The lowest BCUT2D eigenvalue weighted by molar-refractivity contribution is -0.384. The number of carbonyl (C=O) groups is 1.